The summed E-state index contributed by atoms with van der Waals surface area (Å²) < 4.78 is 117. The fourth-order valence-electron chi connectivity index (χ4n) is 3.02. The Morgan fingerprint density at radius 2 is 1.55 bits per heavy atom. The maximum Gasteiger partial charge on any atom is 0.310 e. The average Bonchev–Trinajstić information content (AvgIpc) is 2.88. The van der Waals surface area contributed by atoms with Gasteiger partial charge in [-0.05, 0) is 43.3 Å². The van der Waals surface area contributed by atoms with Gasteiger partial charge >= 0.3 is 10.2 Å². The number of benzene rings is 3. The minimum atomic E-state index is -9.97. The Morgan fingerprint density at radius 3 is 2.10 bits per heavy atom. The molecule has 1 N–H and O–H groups in total. The van der Waals surface area contributed by atoms with Gasteiger partial charge in [0.2, 0.25) is 5.82 Å². The number of halogens is 9. The highest BCUT2D eigenvalue weighted by Gasteiger charge is 2.65. The lowest BCUT2D eigenvalue weighted by molar-refractivity contribution is 0.0900. The number of nitrogens with zero attached hydrogens (tertiary/aromatic N) is 2. The molecule has 16 heteroatoms. The molecule has 0 radical (unpaired) electrons. The van der Waals surface area contributed by atoms with Crippen LogP contribution in [0.25, 0.3) is 0 Å². The van der Waals surface area contributed by atoms with Gasteiger partial charge in [-0.2, -0.15) is 14.9 Å². The number of ether oxygens (including phenoxy) is 2. The van der Waals surface area contributed by atoms with Gasteiger partial charge in [0.15, 0.2) is 34.4 Å². The van der Waals surface area contributed by atoms with Gasteiger partial charge in [-0.3, -0.25) is 4.79 Å². The minimum Gasteiger partial charge on any atom is -0.486 e. The van der Waals surface area contributed by atoms with E-state index in [1.54, 1.807) is 12.1 Å². The molecule has 0 aliphatic heterocycles. The molecule has 6 nitrogen and oxygen atoms in total. The van der Waals surface area contributed by atoms with Crippen LogP contribution in [-0.4, -0.2) is 18.1 Å². The summed E-state index contributed by atoms with van der Waals surface area (Å²) in [6.07, 6.45) is 0. The highest BCUT2D eigenvalue weighted by atomic mass is 35.5. The van der Waals surface area contributed by atoms with Gasteiger partial charge in [-0.1, -0.05) is 31.0 Å². The van der Waals surface area contributed by atoms with Gasteiger partial charge in [0, 0.05) is 17.7 Å². The molecule has 0 bridgehead atoms. The van der Waals surface area contributed by atoms with Gasteiger partial charge in [0.05, 0.1) is 22.7 Å². The molecule has 0 spiro atoms. The van der Waals surface area contributed by atoms with Crippen LogP contribution in [0.1, 0.15) is 22.8 Å². The van der Waals surface area contributed by atoms with Crippen molar-refractivity contribution in [3.8, 4) is 29.4 Å². The van der Waals surface area contributed by atoms with Crippen LogP contribution in [0.5, 0.6) is 17.2 Å². The van der Waals surface area contributed by atoms with Crippen LogP contribution < -0.4 is 14.8 Å². The maximum atomic E-state index is 14.2. The number of nitrogens with one attached hydrogen (secondary N) is 1. The molecule has 1 unspecified atom stereocenters. The fourth-order valence-corrected chi connectivity index (χ4v) is 3.86. The van der Waals surface area contributed by atoms with E-state index < -0.39 is 67.0 Å². The SMILES string of the molecule is CC(C#N)(COc1cc(C#N)ccc1Oc1cc(Cl)c(F)c(F)c1F)NC(=O)c1ccc(S(F)(F)(F)(F)F)cc1. The largest absolute Gasteiger partial charge is 0.486 e. The van der Waals surface area contributed by atoms with Crippen molar-refractivity contribution in [2.45, 2.75) is 17.4 Å². The van der Waals surface area contributed by atoms with Crippen molar-refractivity contribution in [3.05, 3.63) is 82.1 Å². The van der Waals surface area contributed by atoms with Crippen LogP contribution in [0.3, 0.4) is 0 Å². The van der Waals surface area contributed by atoms with Crippen LogP contribution in [0.2, 0.25) is 5.02 Å². The average molecular weight is 612 g/mol. The zero-order valence-electron chi connectivity index (χ0n) is 19.8. The van der Waals surface area contributed by atoms with Crippen molar-refractivity contribution in [2.75, 3.05) is 6.61 Å². The zero-order valence-corrected chi connectivity index (χ0v) is 21.3. The van der Waals surface area contributed by atoms with Crippen LogP contribution in [0.15, 0.2) is 53.4 Å². The molecule has 0 fully saturated rings. The molecule has 1 amide bonds. The van der Waals surface area contributed by atoms with Crippen molar-refractivity contribution >= 4 is 27.7 Å². The summed E-state index contributed by atoms with van der Waals surface area (Å²) in [4.78, 5) is 10.3. The lowest BCUT2D eigenvalue weighted by Crippen LogP contribution is -2.49. The molecule has 3 aromatic rings. The topological polar surface area (TPSA) is 95.1 Å². The van der Waals surface area contributed by atoms with Crippen molar-refractivity contribution in [1.82, 2.24) is 5.32 Å². The summed E-state index contributed by atoms with van der Waals surface area (Å²) in [6, 6.07) is 8.52. The van der Waals surface area contributed by atoms with Gasteiger partial charge in [-0.25, -0.2) is 8.78 Å². The Balaban J connectivity index is 1.84. The molecule has 0 aliphatic carbocycles. The number of carbonyl (C=O) groups is 1. The third-order valence-corrected chi connectivity index (χ3v) is 6.51. The number of rotatable bonds is 8. The van der Waals surface area contributed by atoms with E-state index in [0.29, 0.717) is 18.2 Å². The van der Waals surface area contributed by atoms with Crippen LogP contribution in [-0.2, 0) is 0 Å². The summed E-state index contributed by atoms with van der Waals surface area (Å²) in [5.41, 5.74) is -2.42. The molecule has 0 heterocycles. The van der Waals surface area contributed by atoms with Crippen molar-refractivity contribution in [2.24, 2.45) is 0 Å². The van der Waals surface area contributed by atoms with Gasteiger partial charge in [-0.15, -0.1) is 0 Å². The molecule has 1 atom stereocenters. The van der Waals surface area contributed by atoms with E-state index in [9.17, 15) is 47.9 Å². The second-order valence-corrected chi connectivity index (χ2v) is 11.2. The second-order valence-electron chi connectivity index (χ2n) is 8.35. The second kappa shape index (κ2) is 9.76. The molecule has 0 aliphatic rings. The standard InChI is InChI=1S/C24H14ClF8N3O3S/c1-24(11-35,36-23(37)14-3-5-15(6-4-14)40(29,30,31,32)33)12-38-18-8-13(10-34)2-7-17(18)39-19-9-16(25)20(26)22(28)21(19)27/h2-9H,12H2,1H3,(H,36,37). The number of hydrogen-bond acceptors (Lipinski definition) is 5. The van der Waals surface area contributed by atoms with Gasteiger partial charge < -0.3 is 14.8 Å². The van der Waals surface area contributed by atoms with Crippen LogP contribution in [0, 0.1) is 40.1 Å². The van der Waals surface area contributed by atoms with E-state index in [-0.39, 0.29) is 29.2 Å². The van der Waals surface area contributed by atoms with E-state index in [1.807, 2.05) is 0 Å². The molecular weight excluding hydrogens is 598 g/mol. The molecule has 0 saturated carbocycles. The van der Waals surface area contributed by atoms with Crippen molar-refractivity contribution in [3.63, 3.8) is 0 Å². The highest BCUT2D eigenvalue weighted by molar-refractivity contribution is 8.45. The lowest BCUT2D eigenvalue weighted by Gasteiger charge is -2.40. The predicted octanol–water partition coefficient (Wildman–Crippen LogP) is 8.17. The number of amides is 1. The van der Waals surface area contributed by atoms with E-state index in [4.69, 9.17) is 21.1 Å². The van der Waals surface area contributed by atoms with Crippen molar-refractivity contribution < 1.29 is 46.9 Å². The highest BCUT2D eigenvalue weighted by Crippen LogP contribution is 3.02. The smallest absolute Gasteiger partial charge is 0.310 e. The first-order valence-corrected chi connectivity index (χ1v) is 12.9. The number of nitriles is 2. The number of hydrogen-bond donors (Lipinski definition) is 1. The zero-order chi connectivity index (χ0) is 30.2. The third kappa shape index (κ3) is 6.86. The first-order valence-electron chi connectivity index (χ1n) is 10.5. The van der Waals surface area contributed by atoms with Crippen LogP contribution >= 0.6 is 21.8 Å². The molecule has 0 aromatic heterocycles. The number of carbonyl (C=O) groups excluding carboxylic acids is 1. The molecule has 3 rings (SSSR count). The van der Waals surface area contributed by atoms with Crippen molar-refractivity contribution in [1.29, 1.82) is 10.5 Å². The Labute approximate surface area is 226 Å². The fraction of sp³-hybridized carbons (Fsp3) is 0.125. The Bertz CT molecular complexity index is 1590. The predicted molar refractivity (Wildman–Crippen MR) is 127 cm³/mol. The van der Waals surface area contributed by atoms with E-state index in [0.717, 1.165) is 19.1 Å². The lowest BCUT2D eigenvalue weighted by atomic mass is 10.0. The molecule has 212 valence electrons. The summed E-state index contributed by atoms with van der Waals surface area (Å²) in [7, 11) is -9.97. The molecular formula is C24H14ClF8N3O3S. The summed E-state index contributed by atoms with van der Waals surface area (Å²) >= 11 is 5.52. The summed E-state index contributed by atoms with van der Waals surface area (Å²) in [5.74, 6) is -7.97. The normalized spacial score (nSPS) is 14.5. The summed E-state index contributed by atoms with van der Waals surface area (Å²) in [6.45, 7) is 0.433. The van der Waals surface area contributed by atoms with E-state index in [2.05, 4.69) is 5.32 Å². The molecule has 3 aromatic carbocycles. The third-order valence-electron chi connectivity index (χ3n) is 5.08. The van der Waals surface area contributed by atoms with E-state index >= 15 is 0 Å². The molecule has 40 heavy (non-hydrogen) atoms. The first-order chi connectivity index (χ1) is 18.3. The molecule has 0 saturated heterocycles. The quantitative estimate of drug-likeness (QED) is 0.157. The minimum absolute atomic E-state index is 0.0159. The van der Waals surface area contributed by atoms with Gasteiger partial charge in [0.25, 0.3) is 5.91 Å². The van der Waals surface area contributed by atoms with E-state index in [1.165, 1.54) is 6.07 Å². The maximum absolute atomic E-state index is 14.2. The first kappa shape index (κ1) is 30.3. The Morgan fingerprint density at radius 1 is 0.925 bits per heavy atom. The van der Waals surface area contributed by atoms with Crippen LogP contribution in [0.4, 0.5) is 32.6 Å². The monoisotopic (exact) mass is 611 g/mol. The Kier molecular flexibility index (Phi) is 7.40. The Hall–Kier alpha value is -4.21. The van der Waals surface area contributed by atoms with Gasteiger partial charge in [0.1, 0.15) is 11.5 Å². The summed E-state index contributed by atoms with van der Waals surface area (Å²) in [5, 5.41) is 20.1.